The Morgan fingerprint density at radius 3 is 2.54 bits per heavy atom. The van der Waals surface area contributed by atoms with E-state index in [9.17, 15) is 13.2 Å². The standard InChI is InChI=1S/C16H24F3N3O2/c1-20-15(21-9-5-11-24-12-16(17,18)19)22-10-8-13-6-3-4-7-14(13)23-2/h3-4,6-7H,5,8-12H2,1-2H3,(H2,20,21,22). The third kappa shape index (κ3) is 8.61. The molecule has 0 radical (unpaired) electrons. The van der Waals surface area contributed by atoms with Crippen molar-refractivity contribution in [3.63, 3.8) is 0 Å². The van der Waals surface area contributed by atoms with Crippen LogP contribution in [0.3, 0.4) is 0 Å². The molecule has 0 fully saturated rings. The van der Waals surface area contributed by atoms with Gasteiger partial charge in [-0.25, -0.2) is 0 Å². The monoisotopic (exact) mass is 347 g/mol. The van der Waals surface area contributed by atoms with E-state index in [0.29, 0.717) is 25.5 Å². The molecule has 0 amide bonds. The van der Waals surface area contributed by atoms with Gasteiger partial charge in [-0.3, -0.25) is 4.99 Å². The number of nitrogens with zero attached hydrogens (tertiary/aromatic N) is 1. The minimum absolute atomic E-state index is 0.0463. The number of guanidine groups is 1. The normalized spacial score (nSPS) is 12.1. The highest BCUT2D eigenvalue weighted by atomic mass is 19.4. The molecule has 0 spiro atoms. The van der Waals surface area contributed by atoms with Crippen molar-refractivity contribution < 1.29 is 22.6 Å². The molecule has 2 N–H and O–H groups in total. The fourth-order valence-electron chi connectivity index (χ4n) is 2.01. The van der Waals surface area contributed by atoms with Crippen LogP contribution in [0.15, 0.2) is 29.3 Å². The molecule has 0 saturated carbocycles. The maximum absolute atomic E-state index is 11.9. The average Bonchev–Trinajstić information content (AvgIpc) is 2.55. The maximum atomic E-state index is 11.9. The SMILES string of the molecule is CN=C(NCCCOCC(F)(F)F)NCCc1ccccc1OC. The van der Waals surface area contributed by atoms with Gasteiger partial charge in [0.05, 0.1) is 7.11 Å². The number of nitrogens with one attached hydrogen (secondary N) is 2. The van der Waals surface area contributed by atoms with Crippen LogP contribution < -0.4 is 15.4 Å². The first-order valence-corrected chi connectivity index (χ1v) is 7.67. The summed E-state index contributed by atoms with van der Waals surface area (Å²) in [4.78, 5) is 4.06. The molecule has 136 valence electrons. The molecule has 1 aromatic carbocycles. The quantitative estimate of drug-likeness (QED) is 0.409. The largest absolute Gasteiger partial charge is 0.496 e. The molecule has 5 nitrogen and oxygen atoms in total. The maximum Gasteiger partial charge on any atom is 0.411 e. The molecule has 0 saturated heterocycles. The molecule has 0 aliphatic rings. The van der Waals surface area contributed by atoms with Crippen LogP contribution in [-0.2, 0) is 11.2 Å². The summed E-state index contributed by atoms with van der Waals surface area (Å²) in [6.07, 6.45) is -3.05. The lowest BCUT2D eigenvalue weighted by Crippen LogP contribution is -2.39. The van der Waals surface area contributed by atoms with Crippen molar-refractivity contribution >= 4 is 5.96 Å². The first-order chi connectivity index (χ1) is 11.5. The zero-order valence-corrected chi connectivity index (χ0v) is 13.9. The number of aliphatic imine (C=N–C) groups is 1. The number of para-hydroxylation sites is 1. The number of benzene rings is 1. The molecule has 0 bridgehead atoms. The molecule has 8 heteroatoms. The van der Waals surface area contributed by atoms with E-state index in [4.69, 9.17) is 4.74 Å². The molecule has 0 heterocycles. The summed E-state index contributed by atoms with van der Waals surface area (Å²) in [6.45, 7) is -0.0274. The smallest absolute Gasteiger partial charge is 0.411 e. The second-order valence-corrected chi connectivity index (χ2v) is 5.01. The summed E-state index contributed by atoms with van der Waals surface area (Å²) in [5, 5.41) is 6.18. The lowest BCUT2D eigenvalue weighted by atomic mass is 10.1. The molecular formula is C16H24F3N3O2. The van der Waals surface area contributed by atoms with Crippen LogP contribution in [0.25, 0.3) is 0 Å². The number of hydrogen-bond donors (Lipinski definition) is 2. The molecule has 24 heavy (non-hydrogen) atoms. The van der Waals surface area contributed by atoms with Crippen molar-refractivity contribution in [2.45, 2.75) is 19.0 Å². The lowest BCUT2D eigenvalue weighted by molar-refractivity contribution is -0.173. The molecule has 1 rings (SSSR count). The van der Waals surface area contributed by atoms with Gasteiger partial charge in [0, 0.05) is 26.7 Å². The van der Waals surface area contributed by atoms with E-state index in [1.54, 1.807) is 14.2 Å². The molecule has 0 atom stereocenters. The summed E-state index contributed by atoms with van der Waals surface area (Å²) in [7, 11) is 3.27. The van der Waals surface area contributed by atoms with Gasteiger partial charge in [-0.15, -0.1) is 0 Å². The number of methoxy groups -OCH3 is 1. The third-order valence-electron chi connectivity index (χ3n) is 3.13. The van der Waals surface area contributed by atoms with Crippen molar-refractivity contribution in [1.29, 1.82) is 0 Å². The summed E-state index contributed by atoms with van der Waals surface area (Å²) in [5.74, 6) is 1.43. The fourth-order valence-corrected chi connectivity index (χ4v) is 2.01. The predicted molar refractivity (Wildman–Crippen MR) is 87.6 cm³/mol. The van der Waals surface area contributed by atoms with Crippen molar-refractivity contribution in [3.8, 4) is 5.75 Å². The Labute approximate surface area is 140 Å². The number of hydrogen-bond acceptors (Lipinski definition) is 3. The summed E-state index contributed by atoms with van der Waals surface area (Å²) in [6, 6.07) is 7.76. The first-order valence-electron chi connectivity index (χ1n) is 7.67. The van der Waals surface area contributed by atoms with Crippen LogP contribution in [0.1, 0.15) is 12.0 Å². The Morgan fingerprint density at radius 1 is 1.17 bits per heavy atom. The fraction of sp³-hybridized carbons (Fsp3) is 0.562. The zero-order chi connectivity index (χ0) is 17.8. The molecule has 0 aliphatic carbocycles. The van der Waals surface area contributed by atoms with Gasteiger partial charge in [0.25, 0.3) is 0 Å². The average molecular weight is 347 g/mol. The minimum atomic E-state index is -4.27. The van der Waals surface area contributed by atoms with E-state index in [2.05, 4.69) is 20.4 Å². The second-order valence-electron chi connectivity index (χ2n) is 5.01. The summed E-state index contributed by atoms with van der Waals surface area (Å²) >= 11 is 0. The van der Waals surface area contributed by atoms with Crippen LogP contribution >= 0.6 is 0 Å². The van der Waals surface area contributed by atoms with E-state index < -0.39 is 12.8 Å². The van der Waals surface area contributed by atoms with Crippen molar-refractivity contribution in [1.82, 2.24) is 10.6 Å². The van der Waals surface area contributed by atoms with Gasteiger partial charge < -0.3 is 20.1 Å². The number of ether oxygens (including phenoxy) is 2. The molecule has 0 unspecified atom stereocenters. The van der Waals surface area contributed by atoms with Crippen LogP contribution in [0.2, 0.25) is 0 Å². The van der Waals surface area contributed by atoms with Gasteiger partial charge in [-0.05, 0) is 24.5 Å². The molecule has 1 aromatic rings. The van der Waals surface area contributed by atoms with Gasteiger partial charge in [-0.2, -0.15) is 13.2 Å². The van der Waals surface area contributed by atoms with Gasteiger partial charge in [0.2, 0.25) is 0 Å². The molecular weight excluding hydrogens is 323 g/mol. The van der Waals surface area contributed by atoms with Gasteiger partial charge in [-0.1, -0.05) is 18.2 Å². The number of rotatable bonds is 9. The summed E-state index contributed by atoms with van der Waals surface area (Å²) in [5.41, 5.74) is 1.09. The minimum Gasteiger partial charge on any atom is -0.496 e. The predicted octanol–water partition coefficient (Wildman–Crippen LogP) is 2.37. The van der Waals surface area contributed by atoms with Gasteiger partial charge >= 0.3 is 6.18 Å². The Bertz CT molecular complexity index is 508. The van der Waals surface area contributed by atoms with E-state index in [0.717, 1.165) is 17.7 Å². The Kier molecular flexibility index (Phi) is 8.99. The number of halogens is 3. The Balaban J connectivity index is 2.19. The van der Waals surface area contributed by atoms with Crippen LogP contribution in [0.4, 0.5) is 13.2 Å². The van der Waals surface area contributed by atoms with Crippen LogP contribution in [-0.4, -0.2) is 52.6 Å². The van der Waals surface area contributed by atoms with Crippen LogP contribution in [0, 0.1) is 0 Å². The lowest BCUT2D eigenvalue weighted by Gasteiger charge is -2.13. The topological polar surface area (TPSA) is 54.9 Å². The van der Waals surface area contributed by atoms with E-state index in [-0.39, 0.29) is 6.61 Å². The van der Waals surface area contributed by atoms with E-state index >= 15 is 0 Å². The van der Waals surface area contributed by atoms with E-state index in [1.807, 2.05) is 24.3 Å². The van der Waals surface area contributed by atoms with Gasteiger partial charge in [0.15, 0.2) is 5.96 Å². The summed E-state index contributed by atoms with van der Waals surface area (Å²) < 4.78 is 45.5. The number of alkyl halides is 3. The molecule has 0 aromatic heterocycles. The van der Waals surface area contributed by atoms with Gasteiger partial charge in [0.1, 0.15) is 12.4 Å². The molecule has 0 aliphatic heterocycles. The highest BCUT2D eigenvalue weighted by Gasteiger charge is 2.27. The zero-order valence-electron chi connectivity index (χ0n) is 13.9. The second kappa shape index (κ2) is 10.7. The van der Waals surface area contributed by atoms with Crippen molar-refractivity contribution in [3.05, 3.63) is 29.8 Å². The highest BCUT2D eigenvalue weighted by molar-refractivity contribution is 5.79. The highest BCUT2D eigenvalue weighted by Crippen LogP contribution is 2.17. The van der Waals surface area contributed by atoms with Crippen molar-refractivity contribution in [2.24, 2.45) is 4.99 Å². The van der Waals surface area contributed by atoms with E-state index in [1.165, 1.54) is 0 Å². The Morgan fingerprint density at radius 2 is 1.88 bits per heavy atom. The van der Waals surface area contributed by atoms with Crippen LogP contribution in [0.5, 0.6) is 5.75 Å². The Hall–Kier alpha value is -1.96. The van der Waals surface area contributed by atoms with Crippen molar-refractivity contribution in [2.75, 3.05) is 40.5 Å². The first kappa shape index (κ1) is 20.1. The third-order valence-corrected chi connectivity index (χ3v) is 3.13.